The Hall–Kier alpha value is -1.84. The number of benzene rings is 1. The summed E-state index contributed by atoms with van der Waals surface area (Å²) in [6.45, 7) is 5.86. The van der Waals surface area contributed by atoms with Crippen LogP contribution in [0.1, 0.15) is 38.7 Å². The minimum absolute atomic E-state index is 0.0201. The van der Waals surface area contributed by atoms with Crippen molar-refractivity contribution < 1.29 is 9.59 Å². The SMILES string of the molecule is CCC(=O)Nc1ccc2c(c1)C(C(C)C)C(=O)N2. The monoisotopic (exact) mass is 246 g/mol. The first-order valence-corrected chi connectivity index (χ1v) is 6.27. The van der Waals surface area contributed by atoms with E-state index in [9.17, 15) is 9.59 Å². The van der Waals surface area contributed by atoms with E-state index in [1.807, 2.05) is 39.0 Å². The van der Waals surface area contributed by atoms with Crippen molar-refractivity contribution in [2.75, 3.05) is 10.6 Å². The second kappa shape index (κ2) is 4.80. The largest absolute Gasteiger partial charge is 0.326 e. The maximum atomic E-state index is 11.9. The van der Waals surface area contributed by atoms with E-state index in [1.54, 1.807) is 0 Å². The van der Waals surface area contributed by atoms with Gasteiger partial charge < -0.3 is 10.6 Å². The van der Waals surface area contributed by atoms with Crippen molar-refractivity contribution in [3.05, 3.63) is 23.8 Å². The standard InChI is InChI=1S/C14H18N2O2/c1-4-12(17)15-9-5-6-11-10(7-9)13(8(2)3)14(18)16-11/h5-8,13H,4H2,1-3H3,(H,15,17)(H,16,18). The third kappa shape index (κ3) is 2.23. The summed E-state index contributed by atoms with van der Waals surface area (Å²) in [7, 11) is 0. The van der Waals surface area contributed by atoms with E-state index in [2.05, 4.69) is 10.6 Å². The Balaban J connectivity index is 2.32. The molecule has 2 amide bonds. The van der Waals surface area contributed by atoms with Crippen LogP contribution < -0.4 is 10.6 Å². The molecule has 18 heavy (non-hydrogen) atoms. The van der Waals surface area contributed by atoms with E-state index in [0.717, 1.165) is 16.9 Å². The summed E-state index contributed by atoms with van der Waals surface area (Å²) < 4.78 is 0. The van der Waals surface area contributed by atoms with E-state index in [1.165, 1.54) is 0 Å². The number of fused-ring (bicyclic) bond motifs is 1. The lowest BCUT2D eigenvalue weighted by molar-refractivity contribution is -0.118. The van der Waals surface area contributed by atoms with Gasteiger partial charge in [0.2, 0.25) is 11.8 Å². The summed E-state index contributed by atoms with van der Waals surface area (Å²) in [5.74, 6) is 0.133. The van der Waals surface area contributed by atoms with E-state index < -0.39 is 0 Å². The van der Waals surface area contributed by atoms with Gasteiger partial charge in [-0.1, -0.05) is 20.8 Å². The molecule has 1 heterocycles. The fourth-order valence-electron chi connectivity index (χ4n) is 2.27. The molecule has 1 aliphatic rings. The van der Waals surface area contributed by atoms with Crippen molar-refractivity contribution in [1.29, 1.82) is 0 Å². The highest BCUT2D eigenvalue weighted by atomic mass is 16.2. The van der Waals surface area contributed by atoms with Gasteiger partial charge >= 0.3 is 0 Å². The third-order valence-electron chi connectivity index (χ3n) is 3.20. The second-order valence-electron chi connectivity index (χ2n) is 4.91. The number of rotatable bonds is 3. The van der Waals surface area contributed by atoms with Gasteiger partial charge in [0.25, 0.3) is 0 Å². The number of carbonyl (C=O) groups is 2. The van der Waals surface area contributed by atoms with E-state index in [-0.39, 0.29) is 23.7 Å². The quantitative estimate of drug-likeness (QED) is 0.861. The van der Waals surface area contributed by atoms with Gasteiger partial charge in [0.15, 0.2) is 0 Å². The summed E-state index contributed by atoms with van der Waals surface area (Å²) in [4.78, 5) is 23.2. The maximum absolute atomic E-state index is 11.9. The van der Waals surface area contributed by atoms with Gasteiger partial charge in [0.05, 0.1) is 5.92 Å². The molecule has 2 N–H and O–H groups in total. The molecule has 1 aromatic carbocycles. The van der Waals surface area contributed by atoms with Gasteiger partial charge in [-0.25, -0.2) is 0 Å². The highest BCUT2D eigenvalue weighted by molar-refractivity contribution is 6.04. The number of nitrogens with one attached hydrogen (secondary N) is 2. The van der Waals surface area contributed by atoms with Crippen LogP contribution in [-0.4, -0.2) is 11.8 Å². The van der Waals surface area contributed by atoms with Crippen LogP contribution in [0.15, 0.2) is 18.2 Å². The molecule has 0 aliphatic carbocycles. The lowest BCUT2D eigenvalue weighted by atomic mass is 9.89. The van der Waals surface area contributed by atoms with Crippen LogP contribution in [0.2, 0.25) is 0 Å². The number of hydrogen-bond acceptors (Lipinski definition) is 2. The molecule has 0 saturated carbocycles. The second-order valence-corrected chi connectivity index (χ2v) is 4.91. The minimum atomic E-state index is -0.126. The normalized spacial score (nSPS) is 17.6. The van der Waals surface area contributed by atoms with Gasteiger partial charge in [-0.3, -0.25) is 9.59 Å². The van der Waals surface area contributed by atoms with Crippen LogP contribution in [0.25, 0.3) is 0 Å². The highest BCUT2D eigenvalue weighted by Crippen LogP contribution is 2.38. The Morgan fingerprint density at radius 1 is 1.44 bits per heavy atom. The Kier molecular flexibility index (Phi) is 3.36. The van der Waals surface area contributed by atoms with E-state index >= 15 is 0 Å². The van der Waals surface area contributed by atoms with Gasteiger partial charge in [-0.2, -0.15) is 0 Å². The Bertz CT molecular complexity index is 495. The highest BCUT2D eigenvalue weighted by Gasteiger charge is 2.32. The van der Waals surface area contributed by atoms with Crippen LogP contribution in [0.4, 0.5) is 11.4 Å². The number of hydrogen-bond donors (Lipinski definition) is 2. The first-order valence-electron chi connectivity index (χ1n) is 6.27. The van der Waals surface area contributed by atoms with Gasteiger partial charge in [0, 0.05) is 17.8 Å². The van der Waals surface area contributed by atoms with Crippen molar-refractivity contribution in [3.63, 3.8) is 0 Å². The zero-order valence-corrected chi connectivity index (χ0v) is 10.9. The Labute approximate surface area is 107 Å². The number of amides is 2. The maximum Gasteiger partial charge on any atom is 0.232 e. The van der Waals surface area contributed by atoms with Crippen molar-refractivity contribution in [1.82, 2.24) is 0 Å². The van der Waals surface area contributed by atoms with Crippen LogP contribution in [0, 0.1) is 5.92 Å². The molecule has 4 heteroatoms. The molecule has 1 unspecified atom stereocenters. The average Bonchev–Trinajstić information content (AvgIpc) is 2.64. The Morgan fingerprint density at radius 3 is 2.78 bits per heavy atom. The summed E-state index contributed by atoms with van der Waals surface area (Å²) in [5, 5.41) is 5.69. The van der Waals surface area contributed by atoms with Crippen molar-refractivity contribution >= 4 is 23.2 Å². The Morgan fingerprint density at radius 2 is 2.17 bits per heavy atom. The van der Waals surface area contributed by atoms with Crippen LogP contribution in [0.3, 0.4) is 0 Å². The van der Waals surface area contributed by atoms with Gasteiger partial charge in [-0.15, -0.1) is 0 Å². The summed E-state index contributed by atoms with van der Waals surface area (Å²) in [6.07, 6.45) is 0.446. The van der Waals surface area contributed by atoms with Crippen molar-refractivity contribution in [2.45, 2.75) is 33.1 Å². The van der Waals surface area contributed by atoms with Gasteiger partial charge in [-0.05, 0) is 29.7 Å². The molecule has 1 aromatic rings. The predicted molar refractivity (Wildman–Crippen MR) is 71.6 cm³/mol. The summed E-state index contributed by atoms with van der Waals surface area (Å²) >= 11 is 0. The average molecular weight is 246 g/mol. The smallest absolute Gasteiger partial charge is 0.232 e. The fraction of sp³-hybridized carbons (Fsp3) is 0.429. The summed E-state index contributed by atoms with van der Waals surface area (Å²) in [6, 6.07) is 5.56. The lowest BCUT2D eigenvalue weighted by Gasteiger charge is -2.13. The molecular formula is C14H18N2O2. The number of anilines is 2. The lowest BCUT2D eigenvalue weighted by Crippen LogP contribution is -2.16. The predicted octanol–water partition coefficient (Wildman–Crippen LogP) is 2.73. The molecule has 0 spiro atoms. The molecule has 2 rings (SSSR count). The van der Waals surface area contributed by atoms with Crippen LogP contribution in [0.5, 0.6) is 0 Å². The minimum Gasteiger partial charge on any atom is -0.326 e. The molecule has 4 nitrogen and oxygen atoms in total. The third-order valence-corrected chi connectivity index (χ3v) is 3.20. The van der Waals surface area contributed by atoms with Crippen molar-refractivity contribution in [3.8, 4) is 0 Å². The molecule has 1 aliphatic heterocycles. The van der Waals surface area contributed by atoms with Crippen LogP contribution >= 0.6 is 0 Å². The first kappa shape index (κ1) is 12.6. The van der Waals surface area contributed by atoms with Crippen LogP contribution in [-0.2, 0) is 9.59 Å². The van der Waals surface area contributed by atoms with Gasteiger partial charge in [0.1, 0.15) is 0 Å². The molecule has 0 bridgehead atoms. The fourth-order valence-corrected chi connectivity index (χ4v) is 2.27. The molecule has 0 radical (unpaired) electrons. The molecular weight excluding hydrogens is 228 g/mol. The zero-order valence-electron chi connectivity index (χ0n) is 10.9. The zero-order chi connectivity index (χ0) is 13.3. The molecule has 1 atom stereocenters. The molecule has 0 aromatic heterocycles. The number of carbonyl (C=O) groups excluding carboxylic acids is 2. The molecule has 0 saturated heterocycles. The summed E-state index contributed by atoms with van der Waals surface area (Å²) in [5.41, 5.74) is 2.58. The van der Waals surface area contributed by atoms with Crippen molar-refractivity contribution in [2.24, 2.45) is 5.92 Å². The first-order chi connectivity index (χ1) is 8.52. The molecule has 96 valence electrons. The van der Waals surface area contributed by atoms with E-state index in [4.69, 9.17) is 0 Å². The topological polar surface area (TPSA) is 58.2 Å². The molecule has 0 fully saturated rings. The van der Waals surface area contributed by atoms with E-state index in [0.29, 0.717) is 6.42 Å².